The normalized spacial score (nSPS) is 19.0. The fraction of sp³-hybridized carbons (Fsp3) is 0.643. The first-order valence-corrected chi connectivity index (χ1v) is 7.83. The molecule has 5 nitrogen and oxygen atoms in total. The van der Waals surface area contributed by atoms with Crippen molar-refractivity contribution in [2.45, 2.75) is 18.6 Å². The Labute approximate surface area is 148 Å². The third-order valence-electron chi connectivity index (χ3n) is 3.41. The molecule has 8 heteroatoms. The third kappa shape index (κ3) is 6.81. The fourth-order valence-corrected chi connectivity index (χ4v) is 3.18. The van der Waals surface area contributed by atoms with E-state index in [9.17, 15) is 4.79 Å². The van der Waals surface area contributed by atoms with Gasteiger partial charge in [0.15, 0.2) is 0 Å². The van der Waals surface area contributed by atoms with Crippen molar-refractivity contribution in [1.29, 1.82) is 0 Å². The van der Waals surface area contributed by atoms with Gasteiger partial charge in [0.05, 0.1) is 25.2 Å². The average Bonchev–Trinajstić information content (AvgIpc) is 2.93. The zero-order valence-corrected chi connectivity index (χ0v) is 15.4. The molecular formula is C14H25Cl2N3O2S. The second kappa shape index (κ2) is 11.2. The highest BCUT2D eigenvalue weighted by atomic mass is 35.5. The Morgan fingerprint density at radius 3 is 2.86 bits per heavy atom. The van der Waals surface area contributed by atoms with Crippen LogP contribution >= 0.6 is 36.2 Å². The molecule has 0 radical (unpaired) electrons. The van der Waals surface area contributed by atoms with E-state index in [1.165, 1.54) is 4.88 Å². The van der Waals surface area contributed by atoms with E-state index in [0.29, 0.717) is 19.6 Å². The second-order valence-corrected chi connectivity index (χ2v) is 6.18. The molecule has 0 aromatic carbocycles. The zero-order valence-electron chi connectivity index (χ0n) is 12.9. The van der Waals surface area contributed by atoms with Gasteiger partial charge in [0.25, 0.3) is 0 Å². The van der Waals surface area contributed by atoms with Gasteiger partial charge in [0, 0.05) is 24.5 Å². The summed E-state index contributed by atoms with van der Waals surface area (Å²) in [5.74, 6) is 0.0575. The summed E-state index contributed by atoms with van der Waals surface area (Å²) in [5.41, 5.74) is 0. The largest absolute Gasteiger partial charge is 0.375 e. The number of amides is 1. The minimum atomic E-state index is 0. The number of halogens is 2. The van der Waals surface area contributed by atoms with Gasteiger partial charge in [-0.15, -0.1) is 36.2 Å². The Balaban J connectivity index is 0.00000220. The molecule has 2 heterocycles. The Morgan fingerprint density at radius 2 is 2.32 bits per heavy atom. The molecule has 0 saturated carbocycles. The van der Waals surface area contributed by atoms with Gasteiger partial charge in [-0.05, 0) is 25.5 Å². The molecule has 1 aliphatic heterocycles. The number of ether oxygens (including phenoxy) is 1. The lowest BCUT2D eigenvalue weighted by molar-refractivity contribution is -0.124. The summed E-state index contributed by atoms with van der Waals surface area (Å²) < 4.78 is 5.54. The summed E-state index contributed by atoms with van der Waals surface area (Å²) in [4.78, 5) is 15.4. The Bertz CT molecular complexity index is 412. The number of morpholine rings is 1. The van der Waals surface area contributed by atoms with Crippen molar-refractivity contribution in [3.05, 3.63) is 22.4 Å². The van der Waals surface area contributed by atoms with Crippen LogP contribution in [0.4, 0.5) is 0 Å². The third-order valence-corrected chi connectivity index (χ3v) is 4.38. The molecule has 0 aliphatic carbocycles. The van der Waals surface area contributed by atoms with E-state index >= 15 is 0 Å². The average molecular weight is 370 g/mol. The van der Waals surface area contributed by atoms with Crippen LogP contribution in [0.5, 0.6) is 0 Å². The maximum Gasteiger partial charge on any atom is 0.222 e. The SMILES string of the molecule is CN(C)C(CNC(=O)CC1CNCCO1)c1cccs1.Cl.Cl. The monoisotopic (exact) mass is 369 g/mol. The number of nitrogens with zero attached hydrogens (tertiary/aromatic N) is 1. The van der Waals surface area contributed by atoms with Crippen molar-refractivity contribution >= 4 is 42.1 Å². The van der Waals surface area contributed by atoms with Crippen LogP contribution in [0.15, 0.2) is 17.5 Å². The molecule has 2 N–H and O–H groups in total. The smallest absolute Gasteiger partial charge is 0.222 e. The Morgan fingerprint density at radius 1 is 1.55 bits per heavy atom. The van der Waals surface area contributed by atoms with Crippen LogP contribution < -0.4 is 10.6 Å². The number of hydrogen-bond acceptors (Lipinski definition) is 5. The molecule has 128 valence electrons. The minimum Gasteiger partial charge on any atom is -0.375 e. The molecule has 1 fully saturated rings. The number of carbonyl (C=O) groups is 1. The summed E-state index contributed by atoms with van der Waals surface area (Å²) in [5, 5.41) is 8.32. The Hall–Kier alpha value is -0.370. The molecule has 1 saturated heterocycles. The van der Waals surface area contributed by atoms with E-state index in [-0.39, 0.29) is 42.9 Å². The number of nitrogens with one attached hydrogen (secondary N) is 2. The van der Waals surface area contributed by atoms with Crippen molar-refractivity contribution in [1.82, 2.24) is 15.5 Å². The molecule has 2 rings (SSSR count). The zero-order chi connectivity index (χ0) is 14.4. The quantitative estimate of drug-likeness (QED) is 0.800. The van der Waals surface area contributed by atoms with Crippen LogP contribution in [0, 0.1) is 0 Å². The number of carbonyl (C=O) groups excluding carboxylic acids is 1. The van der Waals surface area contributed by atoms with Crippen LogP contribution in [0.2, 0.25) is 0 Å². The van der Waals surface area contributed by atoms with E-state index in [1.54, 1.807) is 11.3 Å². The predicted molar refractivity (Wildman–Crippen MR) is 95.5 cm³/mol. The first-order chi connectivity index (χ1) is 9.66. The van der Waals surface area contributed by atoms with Gasteiger partial charge in [-0.2, -0.15) is 0 Å². The van der Waals surface area contributed by atoms with E-state index in [0.717, 1.165) is 13.1 Å². The summed E-state index contributed by atoms with van der Waals surface area (Å²) in [6.45, 7) is 2.95. The van der Waals surface area contributed by atoms with Crippen molar-refractivity contribution in [2.24, 2.45) is 0 Å². The summed E-state index contributed by atoms with van der Waals surface area (Å²) in [6, 6.07) is 4.37. The van der Waals surface area contributed by atoms with Gasteiger partial charge < -0.3 is 20.3 Å². The molecule has 1 aromatic rings. The standard InChI is InChI=1S/C14H23N3O2S.2ClH/c1-17(2)12(13-4-3-7-20-13)10-16-14(18)8-11-9-15-5-6-19-11;;/h3-4,7,11-12,15H,5-6,8-10H2,1-2H3,(H,16,18);2*1H. The topological polar surface area (TPSA) is 53.6 Å². The Kier molecular flexibility index (Phi) is 11.0. The maximum atomic E-state index is 12.0. The van der Waals surface area contributed by atoms with Crippen molar-refractivity contribution < 1.29 is 9.53 Å². The van der Waals surface area contributed by atoms with E-state index in [1.807, 2.05) is 20.2 Å². The van der Waals surface area contributed by atoms with Gasteiger partial charge in [0.2, 0.25) is 5.91 Å². The predicted octanol–water partition coefficient (Wildman–Crippen LogP) is 1.69. The van der Waals surface area contributed by atoms with E-state index < -0.39 is 0 Å². The lowest BCUT2D eigenvalue weighted by Gasteiger charge is -2.25. The number of likely N-dealkylation sites (N-methyl/N-ethyl adjacent to an activating group) is 1. The number of hydrogen-bond donors (Lipinski definition) is 2. The first-order valence-electron chi connectivity index (χ1n) is 6.95. The molecule has 0 bridgehead atoms. The highest BCUT2D eigenvalue weighted by Gasteiger charge is 2.19. The van der Waals surface area contributed by atoms with Crippen LogP contribution in [0.25, 0.3) is 0 Å². The fourth-order valence-electron chi connectivity index (χ4n) is 2.26. The van der Waals surface area contributed by atoms with Gasteiger partial charge in [-0.1, -0.05) is 6.07 Å². The van der Waals surface area contributed by atoms with Gasteiger partial charge in [-0.25, -0.2) is 0 Å². The summed E-state index contributed by atoms with van der Waals surface area (Å²) in [7, 11) is 4.06. The molecule has 0 spiro atoms. The highest BCUT2D eigenvalue weighted by Crippen LogP contribution is 2.22. The van der Waals surface area contributed by atoms with Crippen LogP contribution in [-0.2, 0) is 9.53 Å². The summed E-state index contributed by atoms with van der Waals surface area (Å²) >= 11 is 1.72. The van der Waals surface area contributed by atoms with Crippen molar-refractivity contribution in [3.63, 3.8) is 0 Å². The lowest BCUT2D eigenvalue weighted by atomic mass is 10.2. The molecule has 2 atom stereocenters. The van der Waals surface area contributed by atoms with Crippen molar-refractivity contribution in [2.75, 3.05) is 40.3 Å². The second-order valence-electron chi connectivity index (χ2n) is 5.20. The molecule has 1 aliphatic rings. The molecular weight excluding hydrogens is 345 g/mol. The van der Waals surface area contributed by atoms with E-state index in [2.05, 4.69) is 27.0 Å². The highest BCUT2D eigenvalue weighted by molar-refractivity contribution is 7.10. The minimum absolute atomic E-state index is 0. The van der Waals surface area contributed by atoms with E-state index in [4.69, 9.17) is 4.74 Å². The van der Waals surface area contributed by atoms with Crippen LogP contribution in [0.1, 0.15) is 17.3 Å². The molecule has 1 amide bonds. The molecule has 1 aromatic heterocycles. The van der Waals surface area contributed by atoms with Gasteiger partial charge >= 0.3 is 0 Å². The number of rotatable bonds is 6. The first kappa shape index (κ1) is 21.6. The van der Waals surface area contributed by atoms with Gasteiger partial charge in [0.1, 0.15) is 0 Å². The van der Waals surface area contributed by atoms with Gasteiger partial charge in [-0.3, -0.25) is 4.79 Å². The maximum absolute atomic E-state index is 12.0. The lowest BCUT2D eigenvalue weighted by Crippen LogP contribution is -2.42. The van der Waals surface area contributed by atoms with Crippen molar-refractivity contribution in [3.8, 4) is 0 Å². The molecule has 2 unspecified atom stereocenters. The van der Waals surface area contributed by atoms with Crippen LogP contribution in [0.3, 0.4) is 0 Å². The van der Waals surface area contributed by atoms with Crippen LogP contribution in [-0.4, -0.2) is 57.2 Å². The number of thiophene rings is 1. The molecule has 22 heavy (non-hydrogen) atoms. The summed E-state index contributed by atoms with van der Waals surface area (Å²) in [6.07, 6.45) is 0.431.